The maximum Gasteiger partial charge on any atom is 0.573 e. The first-order valence-electron chi connectivity index (χ1n) is 7.06. The number of rotatable bonds is 5. The molecule has 126 valence electrons. The van der Waals surface area contributed by atoms with E-state index in [0.717, 1.165) is 18.6 Å². The minimum atomic E-state index is -4.76. The van der Waals surface area contributed by atoms with E-state index in [-0.39, 0.29) is 24.1 Å². The lowest BCUT2D eigenvalue weighted by Gasteiger charge is -2.17. The summed E-state index contributed by atoms with van der Waals surface area (Å²) in [5.41, 5.74) is 0.324. The molecule has 0 aliphatic heterocycles. The number of anilines is 1. The Bertz CT molecular complexity index is 587. The summed E-state index contributed by atoms with van der Waals surface area (Å²) >= 11 is 0. The maximum absolute atomic E-state index is 12.0. The highest BCUT2D eigenvalue weighted by atomic mass is 19.4. The van der Waals surface area contributed by atoms with Crippen molar-refractivity contribution < 1.29 is 27.5 Å². The van der Waals surface area contributed by atoms with Gasteiger partial charge in [-0.05, 0) is 36.6 Å². The Morgan fingerprint density at radius 3 is 2.35 bits per heavy atom. The first-order chi connectivity index (χ1) is 10.7. The van der Waals surface area contributed by atoms with Crippen molar-refractivity contribution in [2.45, 2.75) is 19.7 Å². The molecule has 0 spiro atoms. The number of carbonyl (C=O) groups excluding carboxylic acids is 2. The monoisotopic (exact) mass is 330 g/mol. The third-order valence-electron chi connectivity index (χ3n) is 3.56. The Morgan fingerprint density at radius 2 is 1.87 bits per heavy atom. The van der Waals surface area contributed by atoms with E-state index in [9.17, 15) is 22.8 Å². The van der Waals surface area contributed by atoms with Gasteiger partial charge in [0.1, 0.15) is 5.75 Å². The molecule has 0 aromatic heterocycles. The average Bonchev–Trinajstić information content (AvgIpc) is 3.15. The number of nitrogens with zero attached hydrogens (tertiary/aromatic N) is 1. The van der Waals surface area contributed by atoms with Crippen LogP contribution in [0.1, 0.15) is 13.3 Å². The molecule has 2 amide bonds. The third kappa shape index (κ3) is 5.15. The van der Waals surface area contributed by atoms with Crippen LogP contribution in [0.3, 0.4) is 0 Å². The van der Waals surface area contributed by atoms with Gasteiger partial charge in [0, 0.05) is 18.7 Å². The highest BCUT2D eigenvalue weighted by Crippen LogP contribution is 2.38. The zero-order chi connectivity index (χ0) is 17.2. The predicted octanol–water partition coefficient (Wildman–Crippen LogP) is 2.64. The predicted molar refractivity (Wildman–Crippen MR) is 76.7 cm³/mol. The van der Waals surface area contributed by atoms with Crippen LogP contribution in [0.2, 0.25) is 0 Å². The maximum atomic E-state index is 12.0. The van der Waals surface area contributed by atoms with Gasteiger partial charge >= 0.3 is 6.36 Å². The lowest BCUT2D eigenvalue weighted by Crippen LogP contribution is -2.36. The SMILES string of the molecule is C[C@H]1C[C@@H]1C(=O)N(C)CC(=O)Nc1ccc(OC(F)(F)F)cc1. The molecule has 0 bridgehead atoms. The Balaban J connectivity index is 1.84. The van der Waals surface area contributed by atoms with Gasteiger partial charge in [0.2, 0.25) is 11.8 Å². The highest BCUT2D eigenvalue weighted by Gasteiger charge is 2.40. The molecule has 8 heteroatoms. The zero-order valence-corrected chi connectivity index (χ0v) is 12.7. The van der Waals surface area contributed by atoms with E-state index in [1.165, 1.54) is 17.0 Å². The molecular formula is C15H17F3N2O3. The Hall–Kier alpha value is -2.25. The Labute approximate surface area is 131 Å². The minimum Gasteiger partial charge on any atom is -0.406 e. The molecule has 1 aromatic carbocycles. The molecule has 1 aliphatic carbocycles. The fourth-order valence-corrected chi connectivity index (χ4v) is 2.18. The summed E-state index contributed by atoms with van der Waals surface area (Å²) in [6, 6.07) is 4.79. The van der Waals surface area contributed by atoms with E-state index in [1.54, 1.807) is 7.05 Å². The Kier molecular flexibility index (Phi) is 4.82. The van der Waals surface area contributed by atoms with Crippen molar-refractivity contribution in [2.75, 3.05) is 18.9 Å². The molecule has 0 unspecified atom stereocenters. The first kappa shape index (κ1) is 17.1. The van der Waals surface area contributed by atoms with Gasteiger partial charge in [-0.25, -0.2) is 0 Å². The van der Waals surface area contributed by atoms with Gasteiger partial charge in [0.05, 0.1) is 6.54 Å². The van der Waals surface area contributed by atoms with Crippen molar-refractivity contribution in [1.29, 1.82) is 0 Å². The van der Waals surface area contributed by atoms with Crippen molar-refractivity contribution in [3.8, 4) is 5.75 Å². The van der Waals surface area contributed by atoms with E-state index < -0.39 is 12.3 Å². The van der Waals surface area contributed by atoms with Crippen LogP contribution in [0.15, 0.2) is 24.3 Å². The number of halogens is 3. The lowest BCUT2D eigenvalue weighted by molar-refractivity contribution is -0.274. The number of amides is 2. The zero-order valence-electron chi connectivity index (χ0n) is 12.7. The fourth-order valence-electron chi connectivity index (χ4n) is 2.18. The van der Waals surface area contributed by atoms with Crippen molar-refractivity contribution in [2.24, 2.45) is 11.8 Å². The fraction of sp³-hybridized carbons (Fsp3) is 0.467. The smallest absolute Gasteiger partial charge is 0.406 e. The molecule has 1 fully saturated rings. The summed E-state index contributed by atoms with van der Waals surface area (Å²) in [7, 11) is 1.55. The molecule has 0 heterocycles. The van der Waals surface area contributed by atoms with Crippen molar-refractivity contribution in [3.05, 3.63) is 24.3 Å². The normalized spacial score (nSPS) is 19.9. The molecule has 23 heavy (non-hydrogen) atoms. The molecule has 1 aromatic rings. The van der Waals surface area contributed by atoms with E-state index in [1.807, 2.05) is 6.92 Å². The summed E-state index contributed by atoms with van der Waals surface area (Å²) in [6.07, 6.45) is -3.92. The molecule has 0 radical (unpaired) electrons. The van der Waals surface area contributed by atoms with E-state index in [4.69, 9.17) is 0 Å². The van der Waals surface area contributed by atoms with Crippen LogP contribution < -0.4 is 10.1 Å². The number of hydrogen-bond donors (Lipinski definition) is 1. The number of nitrogens with one attached hydrogen (secondary N) is 1. The standard InChI is InChI=1S/C15H17F3N2O3/c1-9-7-12(9)14(22)20(2)8-13(21)19-10-3-5-11(6-4-10)23-15(16,17)18/h3-6,9,12H,7-8H2,1-2H3,(H,19,21)/t9-,12-/m0/s1. The summed E-state index contributed by atoms with van der Waals surface area (Å²) in [4.78, 5) is 25.1. The van der Waals surface area contributed by atoms with Crippen molar-refractivity contribution in [1.82, 2.24) is 4.90 Å². The number of carbonyl (C=O) groups is 2. The highest BCUT2D eigenvalue weighted by molar-refractivity contribution is 5.95. The lowest BCUT2D eigenvalue weighted by atomic mass is 10.3. The third-order valence-corrected chi connectivity index (χ3v) is 3.56. The first-order valence-corrected chi connectivity index (χ1v) is 7.06. The molecule has 1 N–H and O–H groups in total. The second-order valence-electron chi connectivity index (χ2n) is 5.63. The second-order valence-corrected chi connectivity index (χ2v) is 5.63. The number of hydrogen-bond acceptors (Lipinski definition) is 3. The summed E-state index contributed by atoms with van der Waals surface area (Å²) in [6.45, 7) is 1.86. The number of likely N-dealkylation sites (N-methyl/N-ethyl adjacent to an activating group) is 1. The van der Waals surface area contributed by atoms with Gasteiger partial charge in [-0.3, -0.25) is 9.59 Å². The average molecular weight is 330 g/mol. The van der Waals surface area contributed by atoms with Crippen molar-refractivity contribution >= 4 is 17.5 Å². The topological polar surface area (TPSA) is 58.6 Å². The van der Waals surface area contributed by atoms with Crippen LogP contribution in [-0.4, -0.2) is 36.7 Å². The largest absolute Gasteiger partial charge is 0.573 e. The molecule has 5 nitrogen and oxygen atoms in total. The van der Waals surface area contributed by atoms with Gasteiger partial charge in [-0.1, -0.05) is 6.92 Å². The van der Waals surface area contributed by atoms with Gasteiger partial charge in [-0.15, -0.1) is 13.2 Å². The molecule has 1 aliphatic rings. The number of ether oxygens (including phenoxy) is 1. The summed E-state index contributed by atoms with van der Waals surface area (Å²) in [5, 5.41) is 2.52. The summed E-state index contributed by atoms with van der Waals surface area (Å²) in [5.74, 6) is -0.508. The summed E-state index contributed by atoms with van der Waals surface area (Å²) < 4.78 is 39.9. The quantitative estimate of drug-likeness (QED) is 0.903. The van der Waals surface area contributed by atoms with Gasteiger partial charge in [0.15, 0.2) is 0 Å². The second kappa shape index (κ2) is 6.47. The van der Waals surface area contributed by atoms with E-state index in [2.05, 4.69) is 10.1 Å². The van der Waals surface area contributed by atoms with Crippen LogP contribution in [-0.2, 0) is 9.59 Å². The van der Waals surface area contributed by atoms with Crippen LogP contribution in [0.5, 0.6) is 5.75 Å². The van der Waals surface area contributed by atoms with Crippen LogP contribution in [0.4, 0.5) is 18.9 Å². The molecule has 0 saturated heterocycles. The number of alkyl halides is 3. The van der Waals surface area contributed by atoms with E-state index >= 15 is 0 Å². The van der Waals surface area contributed by atoms with Gasteiger partial charge in [0.25, 0.3) is 0 Å². The van der Waals surface area contributed by atoms with E-state index in [0.29, 0.717) is 11.6 Å². The molecule has 2 rings (SSSR count). The molecule has 2 atom stereocenters. The minimum absolute atomic E-state index is 0.00778. The van der Waals surface area contributed by atoms with Gasteiger partial charge < -0.3 is 15.0 Å². The molecule has 1 saturated carbocycles. The van der Waals surface area contributed by atoms with Crippen LogP contribution in [0, 0.1) is 11.8 Å². The van der Waals surface area contributed by atoms with Crippen LogP contribution in [0.25, 0.3) is 0 Å². The molecular weight excluding hydrogens is 313 g/mol. The van der Waals surface area contributed by atoms with Crippen molar-refractivity contribution in [3.63, 3.8) is 0 Å². The van der Waals surface area contributed by atoms with Gasteiger partial charge in [-0.2, -0.15) is 0 Å². The Morgan fingerprint density at radius 1 is 1.30 bits per heavy atom. The van der Waals surface area contributed by atoms with Crippen LogP contribution >= 0.6 is 0 Å². The number of benzene rings is 1.